The second-order valence-electron chi connectivity index (χ2n) is 2.78. The van der Waals surface area contributed by atoms with Gasteiger partial charge in [0.25, 0.3) is 0 Å². The molecule has 72 valence electrons. The van der Waals surface area contributed by atoms with Crippen molar-refractivity contribution in [1.29, 1.82) is 0 Å². The highest BCUT2D eigenvalue weighted by Crippen LogP contribution is 2.25. The number of carbonyl (C=O) groups is 1. The number of carboxylic acids is 1. The van der Waals surface area contributed by atoms with Gasteiger partial charge in [-0.15, -0.1) is 0 Å². The maximum Gasteiger partial charge on any atom is 0.331 e. The minimum absolute atomic E-state index is 0.370. The summed E-state index contributed by atoms with van der Waals surface area (Å²) in [5, 5.41) is 11.7. The van der Waals surface area contributed by atoms with Gasteiger partial charge in [-0.25, -0.2) is 4.79 Å². The van der Waals surface area contributed by atoms with Crippen molar-refractivity contribution in [3.05, 3.63) is 22.6 Å². The monoisotopic (exact) mass is 247 g/mol. The molecule has 0 bridgehead atoms. The highest BCUT2D eigenvalue weighted by Gasteiger charge is 2.36. The van der Waals surface area contributed by atoms with E-state index in [1.54, 1.807) is 26.1 Å². The fourth-order valence-electron chi connectivity index (χ4n) is 0.919. The lowest BCUT2D eigenvalue weighted by Crippen LogP contribution is -2.44. The average molecular weight is 248 g/mol. The lowest BCUT2D eigenvalue weighted by molar-refractivity contribution is -0.145. The van der Waals surface area contributed by atoms with Gasteiger partial charge in [-0.3, -0.25) is 5.32 Å². The van der Waals surface area contributed by atoms with E-state index in [1.165, 1.54) is 0 Å². The maximum atomic E-state index is 10.9. The predicted molar refractivity (Wildman–Crippen MR) is 50.5 cm³/mol. The van der Waals surface area contributed by atoms with Gasteiger partial charge in [0, 0.05) is 0 Å². The van der Waals surface area contributed by atoms with Gasteiger partial charge in [-0.1, -0.05) is 0 Å². The van der Waals surface area contributed by atoms with Crippen LogP contribution in [0.15, 0.2) is 21.2 Å². The van der Waals surface area contributed by atoms with E-state index in [0.29, 0.717) is 10.4 Å². The van der Waals surface area contributed by atoms with E-state index >= 15 is 0 Å². The Morgan fingerprint density at radius 1 is 1.69 bits per heavy atom. The molecule has 0 aliphatic rings. The Morgan fingerprint density at radius 3 is 2.62 bits per heavy atom. The molecular weight excluding hydrogens is 238 g/mol. The van der Waals surface area contributed by atoms with Gasteiger partial charge >= 0.3 is 5.97 Å². The molecule has 0 fully saturated rings. The molecule has 4 nitrogen and oxygen atoms in total. The molecule has 0 aliphatic carbocycles. The predicted octanol–water partition coefficient (Wildman–Crippen LogP) is 1.56. The van der Waals surface area contributed by atoms with E-state index in [0.717, 1.165) is 0 Å². The third kappa shape index (κ3) is 1.76. The first kappa shape index (κ1) is 10.3. The average Bonchev–Trinajstić information content (AvgIpc) is 2.50. The van der Waals surface area contributed by atoms with Crippen LogP contribution in [0.25, 0.3) is 0 Å². The number of likely N-dealkylation sites (N-methyl/N-ethyl adjacent to an activating group) is 1. The molecule has 2 N–H and O–H groups in total. The van der Waals surface area contributed by atoms with Gasteiger partial charge in [-0.05, 0) is 42.0 Å². The molecule has 1 aromatic heterocycles. The first-order valence-electron chi connectivity index (χ1n) is 3.69. The Labute approximate surface area is 84.1 Å². The van der Waals surface area contributed by atoms with Crippen LogP contribution in [0.4, 0.5) is 0 Å². The zero-order valence-electron chi connectivity index (χ0n) is 7.30. The number of hydrogen-bond acceptors (Lipinski definition) is 3. The third-order valence-electron chi connectivity index (χ3n) is 1.99. The number of halogens is 1. The quantitative estimate of drug-likeness (QED) is 0.852. The fourth-order valence-corrected chi connectivity index (χ4v) is 1.23. The summed E-state index contributed by atoms with van der Waals surface area (Å²) in [4.78, 5) is 10.9. The van der Waals surface area contributed by atoms with Gasteiger partial charge in [0.05, 0.1) is 0 Å². The molecule has 1 aromatic rings. The highest BCUT2D eigenvalue weighted by molar-refractivity contribution is 9.10. The number of aliphatic carboxylic acids is 1. The van der Waals surface area contributed by atoms with Gasteiger partial charge in [-0.2, -0.15) is 0 Å². The summed E-state index contributed by atoms with van der Waals surface area (Å²) >= 11 is 3.12. The molecule has 0 radical (unpaired) electrons. The van der Waals surface area contributed by atoms with Crippen LogP contribution in [0, 0.1) is 0 Å². The Bertz CT molecular complexity index is 323. The van der Waals surface area contributed by atoms with E-state index in [2.05, 4.69) is 21.2 Å². The molecule has 5 heteroatoms. The Balaban J connectivity index is 3.09. The van der Waals surface area contributed by atoms with Gasteiger partial charge in [0.15, 0.2) is 10.2 Å². The van der Waals surface area contributed by atoms with Gasteiger partial charge in [0.2, 0.25) is 0 Å². The van der Waals surface area contributed by atoms with Crippen molar-refractivity contribution in [3.63, 3.8) is 0 Å². The lowest BCUT2D eigenvalue weighted by atomic mass is 10.00. The second kappa shape index (κ2) is 3.51. The zero-order chi connectivity index (χ0) is 10.1. The number of furan rings is 1. The van der Waals surface area contributed by atoms with E-state index in [1.807, 2.05) is 0 Å². The summed E-state index contributed by atoms with van der Waals surface area (Å²) in [6.07, 6.45) is 0. The van der Waals surface area contributed by atoms with Crippen molar-refractivity contribution in [2.45, 2.75) is 12.5 Å². The number of rotatable bonds is 3. The minimum Gasteiger partial charge on any atom is -0.480 e. The van der Waals surface area contributed by atoms with E-state index < -0.39 is 11.5 Å². The number of hydrogen-bond donors (Lipinski definition) is 2. The molecule has 1 unspecified atom stereocenters. The maximum absolute atomic E-state index is 10.9. The second-order valence-corrected chi connectivity index (χ2v) is 3.57. The molecule has 13 heavy (non-hydrogen) atoms. The van der Waals surface area contributed by atoms with Gasteiger partial charge in [0.1, 0.15) is 5.76 Å². The SMILES string of the molecule is CNC(C)(C(=O)O)c1ccc(Br)o1. The van der Waals surface area contributed by atoms with Crippen LogP contribution >= 0.6 is 15.9 Å². The molecule has 0 aliphatic heterocycles. The van der Waals surface area contributed by atoms with Crippen LogP contribution in [0.2, 0.25) is 0 Å². The summed E-state index contributed by atoms with van der Waals surface area (Å²) in [5.41, 5.74) is -1.17. The summed E-state index contributed by atoms with van der Waals surface area (Å²) in [6, 6.07) is 3.28. The molecule has 0 amide bonds. The highest BCUT2D eigenvalue weighted by atomic mass is 79.9. The molecule has 0 spiro atoms. The van der Waals surface area contributed by atoms with Crippen LogP contribution in [-0.2, 0) is 10.3 Å². The molecular formula is C8H10BrNO3. The van der Waals surface area contributed by atoms with Crippen LogP contribution < -0.4 is 5.32 Å². The standard InChI is InChI=1S/C8H10BrNO3/c1-8(10-2,7(11)12)5-3-4-6(9)13-5/h3-4,10H,1-2H3,(H,11,12). The molecule has 0 saturated carbocycles. The van der Waals surface area contributed by atoms with Crippen molar-refractivity contribution >= 4 is 21.9 Å². The molecule has 1 atom stereocenters. The summed E-state index contributed by atoms with van der Waals surface area (Å²) < 4.78 is 5.69. The van der Waals surface area contributed by atoms with E-state index in [-0.39, 0.29) is 0 Å². The minimum atomic E-state index is -1.17. The smallest absolute Gasteiger partial charge is 0.331 e. The van der Waals surface area contributed by atoms with Crippen molar-refractivity contribution in [2.24, 2.45) is 0 Å². The normalized spacial score (nSPS) is 15.3. The van der Waals surface area contributed by atoms with Crippen molar-refractivity contribution in [1.82, 2.24) is 5.32 Å². The van der Waals surface area contributed by atoms with Gasteiger partial charge < -0.3 is 9.52 Å². The molecule has 1 heterocycles. The van der Waals surface area contributed by atoms with Crippen LogP contribution in [0.1, 0.15) is 12.7 Å². The van der Waals surface area contributed by atoms with Crippen LogP contribution in [-0.4, -0.2) is 18.1 Å². The third-order valence-corrected chi connectivity index (χ3v) is 2.42. The summed E-state index contributed by atoms with van der Waals surface area (Å²) in [5.74, 6) is -0.605. The van der Waals surface area contributed by atoms with E-state index in [4.69, 9.17) is 9.52 Å². The molecule has 0 aromatic carbocycles. The van der Waals surface area contributed by atoms with Crippen molar-refractivity contribution < 1.29 is 14.3 Å². The van der Waals surface area contributed by atoms with Crippen LogP contribution in [0.3, 0.4) is 0 Å². The van der Waals surface area contributed by atoms with Crippen molar-refractivity contribution in [2.75, 3.05) is 7.05 Å². The fraction of sp³-hybridized carbons (Fsp3) is 0.375. The molecule has 1 rings (SSSR count). The number of carboxylic acid groups (broad SMARTS) is 1. The Kier molecular flexibility index (Phi) is 2.77. The lowest BCUT2D eigenvalue weighted by Gasteiger charge is -2.20. The number of nitrogens with one attached hydrogen (secondary N) is 1. The van der Waals surface area contributed by atoms with Crippen LogP contribution in [0.5, 0.6) is 0 Å². The summed E-state index contributed by atoms with van der Waals surface area (Å²) in [7, 11) is 1.57. The topological polar surface area (TPSA) is 62.5 Å². The summed E-state index contributed by atoms with van der Waals surface area (Å²) in [6.45, 7) is 1.54. The Hall–Kier alpha value is -0.810. The van der Waals surface area contributed by atoms with E-state index in [9.17, 15) is 4.79 Å². The first-order valence-corrected chi connectivity index (χ1v) is 4.48. The zero-order valence-corrected chi connectivity index (χ0v) is 8.88. The Morgan fingerprint density at radius 2 is 2.31 bits per heavy atom. The largest absolute Gasteiger partial charge is 0.480 e. The molecule has 0 saturated heterocycles. The van der Waals surface area contributed by atoms with Crippen molar-refractivity contribution in [3.8, 4) is 0 Å². The first-order chi connectivity index (χ1) is 6.00.